The molecule has 2 fully saturated rings. The number of likely N-dealkylation sites (tertiary alicyclic amines) is 1. The Kier molecular flexibility index (Phi) is 3.79. The molecular weight excluding hydrogens is 248 g/mol. The lowest BCUT2D eigenvalue weighted by Gasteiger charge is -2.37. The van der Waals surface area contributed by atoms with Gasteiger partial charge in [0.05, 0.1) is 12.1 Å². The highest BCUT2D eigenvalue weighted by Crippen LogP contribution is 2.28. The van der Waals surface area contributed by atoms with Crippen LogP contribution < -0.4 is 5.32 Å². The van der Waals surface area contributed by atoms with Gasteiger partial charge in [-0.05, 0) is 50.7 Å². The normalized spacial score (nSPS) is 24.8. The number of carbonyl (C=O) groups is 1. The fourth-order valence-corrected chi connectivity index (χ4v) is 3.20. The van der Waals surface area contributed by atoms with Crippen molar-refractivity contribution in [3.05, 3.63) is 35.4 Å². The zero-order chi connectivity index (χ0) is 14.1. The smallest absolute Gasteiger partial charge is 0.240 e. The van der Waals surface area contributed by atoms with Gasteiger partial charge in [0.1, 0.15) is 0 Å². The standard InChI is InChI=1S/C17H24N2O/c1-12-6-3-4-7-15(12)13(2)19-11-5-8-16(17(19)20)18-14-9-10-14/h3-4,6-7,13-14,16,18H,5,8-11H2,1-2H3. The van der Waals surface area contributed by atoms with Crippen molar-refractivity contribution in [2.45, 2.75) is 57.7 Å². The van der Waals surface area contributed by atoms with Crippen molar-refractivity contribution in [2.75, 3.05) is 6.54 Å². The predicted octanol–water partition coefficient (Wildman–Crippen LogP) is 2.80. The van der Waals surface area contributed by atoms with Gasteiger partial charge in [0.15, 0.2) is 0 Å². The molecule has 1 aliphatic heterocycles. The molecule has 3 heteroatoms. The Morgan fingerprint density at radius 1 is 1.25 bits per heavy atom. The van der Waals surface area contributed by atoms with E-state index in [-0.39, 0.29) is 12.1 Å². The molecule has 0 bridgehead atoms. The van der Waals surface area contributed by atoms with Gasteiger partial charge < -0.3 is 10.2 Å². The fraction of sp³-hybridized carbons (Fsp3) is 0.588. The van der Waals surface area contributed by atoms with E-state index in [4.69, 9.17) is 0 Å². The summed E-state index contributed by atoms with van der Waals surface area (Å²) < 4.78 is 0. The van der Waals surface area contributed by atoms with Crippen LogP contribution in [-0.2, 0) is 4.79 Å². The van der Waals surface area contributed by atoms with Crippen molar-refractivity contribution in [3.8, 4) is 0 Å². The van der Waals surface area contributed by atoms with Crippen molar-refractivity contribution >= 4 is 5.91 Å². The van der Waals surface area contributed by atoms with Gasteiger partial charge in [0, 0.05) is 12.6 Å². The molecule has 3 nitrogen and oxygen atoms in total. The summed E-state index contributed by atoms with van der Waals surface area (Å²) in [5.41, 5.74) is 2.54. The van der Waals surface area contributed by atoms with E-state index >= 15 is 0 Å². The van der Waals surface area contributed by atoms with E-state index in [1.54, 1.807) is 0 Å². The number of aryl methyl sites for hydroxylation is 1. The van der Waals surface area contributed by atoms with Crippen LogP contribution in [0.3, 0.4) is 0 Å². The van der Waals surface area contributed by atoms with E-state index in [0.29, 0.717) is 11.9 Å². The topological polar surface area (TPSA) is 32.3 Å². The zero-order valence-corrected chi connectivity index (χ0v) is 12.4. The summed E-state index contributed by atoms with van der Waals surface area (Å²) in [4.78, 5) is 14.7. The first-order chi connectivity index (χ1) is 9.66. The maximum absolute atomic E-state index is 12.7. The molecule has 1 aliphatic carbocycles. The van der Waals surface area contributed by atoms with Crippen molar-refractivity contribution in [1.29, 1.82) is 0 Å². The van der Waals surface area contributed by atoms with E-state index in [1.165, 1.54) is 24.0 Å². The second kappa shape index (κ2) is 5.57. The SMILES string of the molecule is Cc1ccccc1C(C)N1CCCC(NC2CC2)C1=O. The minimum Gasteiger partial charge on any atom is -0.335 e. The van der Waals surface area contributed by atoms with Crippen LogP contribution in [0.1, 0.15) is 49.8 Å². The summed E-state index contributed by atoms with van der Waals surface area (Å²) in [5, 5.41) is 3.50. The molecule has 20 heavy (non-hydrogen) atoms. The molecule has 1 amide bonds. The molecule has 2 atom stereocenters. The molecule has 0 spiro atoms. The maximum atomic E-state index is 12.7. The predicted molar refractivity (Wildman–Crippen MR) is 80.5 cm³/mol. The van der Waals surface area contributed by atoms with E-state index in [9.17, 15) is 4.79 Å². The van der Waals surface area contributed by atoms with Crippen molar-refractivity contribution < 1.29 is 4.79 Å². The lowest BCUT2D eigenvalue weighted by molar-refractivity contribution is -0.138. The third-order valence-corrected chi connectivity index (χ3v) is 4.59. The van der Waals surface area contributed by atoms with Crippen molar-refractivity contribution in [2.24, 2.45) is 0 Å². The summed E-state index contributed by atoms with van der Waals surface area (Å²) >= 11 is 0. The van der Waals surface area contributed by atoms with Gasteiger partial charge in [0.2, 0.25) is 5.91 Å². The molecule has 2 aliphatic rings. The Hall–Kier alpha value is -1.35. The first kappa shape index (κ1) is 13.6. The van der Waals surface area contributed by atoms with Crippen LogP contribution in [0, 0.1) is 6.92 Å². The Balaban J connectivity index is 1.74. The zero-order valence-electron chi connectivity index (χ0n) is 12.4. The first-order valence-corrected chi connectivity index (χ1v) is 7.79. The van der Waals surface area contributed by atoms with Crippen molar-refractivity contribution in [1.82, 2.24) is 10.2 Å². The molecule has 108 valence electrons. The quantitative estimate of drug-likeness (QED) is 0.914. The van der Waals surface area contributed by atoms with Crippen LogP contribution in [0.15, 0.2) is 24.3 Å². The molecule has 0 aromatic heterocycles. The molecule has 0 radical (unpaired) electrons. The monoisotopic (exact) mass is 272 g/mol. The number of carbonyl (C=O) groups excluding carboxylic acids is 1. The summed E-state index contributed by atoms with van der Waals surface area (Å²) in [6.07, 6.45) is 4.56. The van der Waals surface area contributed by atoms with Gasteiger partial charge >= 0.3 is 0 Å². The second-order valence-electron chi connectivity index (χ2n) is 6.20. The molecule has 1 saturated heterocycles. The Bertz CT molecular complexity index is 496. The van der Waals surface area contributed by atoms with E-state index < -0.39 is 0 Å². The third-order valence-electron chi connectivity index (χ3n) is 4.59. The largest absolute Gasteiger partial charge is 0.335 e. The minimum absolute atomic E-state index is 0.0442. The average molecular weight is 272 g/mol. The molecule has 1 N–H and O–H groups in total. The molecule has 1 aromatic carbocycles. The number of amides is 1. The third kappa shape index (κ3) is 2.73. The summed E-state index contributed by atoms with van der Waals surface area (Å²) in [6.45, 7) is 5.16. The van der Waals surface area contributed by atoms with Gasteiger partial charge in [-0.25, -0.2) is 0 Å². The highest BCUT2D eigenvalue weighted by molar-refractivity contribution is 5.83. The minimum atomic E-state index is 0.0442. The Morgan fingerprint density at radius 2 is 2.00 bits per heavy atom. The number of piperidine rings is 1. The maximum Gasteiger partial charge on any atom is 0.240 e. The summed E-state index contributed by atoms with van der Waals surface area (Å²) in [6, 6.07) is 9.20. The van der Waals surface area contributed by atoms with Gasteiger partial charge in [0.25, 0.3) is 0 Å². The van der Waals surface area contributed by atoms with Crippen LogP contribution in [0.25, 0.3) is 0 Å². The fourth-order valence-electron chi connectivity index (χ4n) is 3.20. The lowest BCUT2D eigenvalue weighted by atomic mass is 9.97. The number of hydrogen-bond acceptors (Lipinski definition) is 2. The van der Waals surface area contributed by atoms with E-state index in [2.05, 4.69) is 48.3 Å². The number of nitrogens with one attached hydrogen (secondary N) is 1. The molecule has 2 unspecified atom stereocenters. The highest BCUT2D eigenvalue weighted by atomic mass is 16.2. The van der Waals surface area contributed by atoms with Gasteiger partial charge in [-0.3, -0.25) is 4.79 Å². The van der Waals surface area contributed by atoms with Gasteiger partial charge in [-0.2, -0.15) is 0 Å². The molecule has 1 saturated carbocycles. The van der Waals surface area contributed by atoms with E-state index in [0.717, 1.165) is 19.4 Å². The Labute approximate surface area is 121 Å². The molecular formula is C17H24N2O. The molecule has 1 heterocycles. The van der Waals surface area contributed by atoms with Gasteiger partial charge in [-0.1, -0.05) is 24.3 Å². The number of hydrogen-bond donors (Lipinski definition) is 1. The first-order valence-electron chi connectivity index (χ1n) is 7.79. The van der Waals surface area contributed by atoms with Crippen LogP contribution in [0.5, 0.6) is 0 Å². The van der Waals surface area contributed by atoms with Crippen LogP contribution in [0.4, 0.5) is 0 Å². The lowest BCUT2D eigenvalue weighted by Crippen LogP contribution is -2.51. The summed E-state index contributed by atoms with van der Waals surface area (Å²) in [7, 11) is 0. The van der Waals surface area contributed by atoms with Crippen LogP contribution >= 0.6 is 0 Å². The number of benzene rings is 1. The van der Waals surface area contributed by atoms with Crippen LogP contribution in [-0.4, -0.2) is 29.4 Å². The molecule has 3 rings (SSSR count). The highest BCUT2D eigenvalue weighted by Gasteiger charge is 2.35. The van der Waals surface area contributed by atoms with Crippen LogP contribution in [0.2, 0.25) is 0 Å². The van der Waals surface area contributed by atoms with Crippen molar-refractivity contribution in [3.63, 3.8) is 0 Å². The second-order valence-corrected chi connectivity index (χ2v) is 6.20. The van der Waals surface area contributed by atoms with E-state index in [1.807, 2.05) is 0 Å². The number of rotatable bonds is 4. The molecule has 1 aromatic rings. The Morgan fingerprint density at radius 3 is 2.70 bits per heavy atom. The average Bonchev–Trinajstić information content (AvgIpc) is 3.25. The van der Waals surface area contributed by atoms with Gasteiger partial charge in [-0.15, -0.1) is 0 Å². The summed E-state index contributed by atoms with van der Waals surface area (Å²) in [5.74, 6) is 0.291. The number of nitrogens with zero attached hydrogens (tertiary/aromatic N) is 1.